The Labute approximate surface area is 157 Å². The lowest BCUT2D eigenvalue weighted by molar-refractivity contribution is 0.255. The van der Waals surface area contributed by atoms with Crippen molar-refractivity contribution in [2.24, 2.45) is 0 Å². The molecule has 0 bridgehead atoms. The van der Waals surface area contributed by atoms with E-state index in [0.29, 0.717) is 23.7 Å². The number of benzene rings is 2. The van der Waals surface area contributed by atoms with Crippen LogP contribution < -0.4 is 14.5 Å². The standard InChI is InChI=1S/C19H19FN2O4S/c1-2-26-16-9-7-15(8-10-16)22-18-12-27(24,25)11-17(18)21(19(22)23)14-5-3-13(20)4-6-14/h3-10,17-18H,2,11-12H2,1H3/t17-,18+/m1/s1. The van der Waals surface area contributed by atoms with E-state index in [1.54, 1.807) is 24.3 Å². The highest BCUT2D eigenvalue weighted by molar-refractivity contribution is 7.91. The number of fused-ring (bicyclic) bond motifs is 1. The van der Waals surface area contributed by atoms with Gasteiger partial charge in [-0.1, -0.05) is 0 Å². The van der Waals surface area contributed by atoms with E-state index in [2.05, 4.69) is 0 Å². The molecule has 4 rings (SSSR count). The Morgan fingerprint density at radius 3 is 1.93 bits per heavy atom. The second-order valence-corrected chi connectivity index (χ2v) is 8.79. The average molecular weight is 390 g/mol. The molecular formula is C19H19FN2O4S. The third-order valence-electron chi connectivity index (χ3n) is 4.90. The Kier molecular flexibility index (Phi) is 4.30. The smallest absolute Gasteiger partial charge is 0.329 e. The molecule has 2 aliphatic heterocycles. The predicted molar refractivity (Wildman–Crippen MR) is 101 cm³/mol. The van der Waals surface area contributed by atoms with Crippen LogP contribution in [0.5, 0.6) is 5.75 Å². The van der Waals surface area contributed by atoms with E-state index in [0.717, 1.165) is 0 Å². The summed E-state index contributed by atoms with van der Waals surface area (Å²) in [5.74, 6) is 0.0750. The first-order chi connectivity index (χ1) is 12.9. The van der Waals surface area contributed by atoms with Gasteiger partial charge in [0, 0.05) is 11.4 Å². The summed E-state index contributed by atoms with van der Waals surface area (Å²) < 4.78 is 43.2. The number of halogens is 1. The van der Waals surface area contributed by atoms with Crippen LogP contribution in [-0.2, 0) is 9.84 Å². The van der Waals surface area contributed by atoms with Crippen molar-refractivity contribution in [3.8, 4) is 5.75 Å². The van der Waals surface area contributed by atoms with Gasteiger partial charge in [-0.15, -0.1) is 0 Å². The summed E-state index contributed by atoms with van der Waals surface area (Å²) in [7, 11) is -3.27. The van der Waals surface area contributed by atoms with E-state index in [1.807, 2.05) is 6.92 Å². The van der Waals surface area contributed by atoms with E-state index < -0.39 is 27.7 Å². The molecule has 2 saturated heterocycles. The zero-order valence-corrected chi connectivity index (χ0v) is 15.5. The summed E-state index contributed by atoms with van der Waals surface area (Å²) in [6.45, 7) is 2.41. The summed E-state index contributed by atoms with van der Waals surface area (Å²) in [5.41, 5.74) is 1.10. The number of rotatable bonds is 4. The minimum atomic E-state index is -3.27. The van der Waals surface area contributed by atoms with Crippen molar-refractivity contribution in [3.63, 3.8) is 0 Å². The van der Waals surface area contributed by atoms with E-state index in [-0.39, 0.29) is 17.5 Å². The molecule has 2 heterocycles. The van der Waals surface area contributed by atoms with Gasteiger partial charge in [0.05, 0.1) is 30.2 Å². The largest absolute Gasteiger partial charge is 0.494 e. The van der Waals surface area contributed by atoms with Crippen molar-refractivity contribution < 1.29 is 22.3 Å². The van der Waals surface area contributed by atoms with Gasteiger partial charge in [0.15, 0.2) is 9.84 Å². The van der Waals surface area contributed by atoms with E-state index in [9.17, 15) is 17.6 Å². The van der Waals surface area contributed by atoms with Crippen LogP contribution >= 0.6 is 0 Å². The lowest BCUT2D eigenvalue weighted by Crippen LogP contribution is -2.37. The van der Waals surface area contributed by atoms with Crippen LogP contribution in [0.3, 0.4) is 0 Å². The fraction of sp³-hybridized carbons (Fsp3) is 0.316. The number of amides is 2. The molecule has 0 N–H and O–H groups in total. The molecule has 142 valence electrons. The third-order valence-corrected chi connectivity index (χ3v) is 6.60. The normalized spacial score (nSPS) is 23.6. The Morgan fingerprint density at radius 2 is 1.44 bits per heavy atom. The fourth-order valence-electron chi connectivity index (χ4n) is 3.78. The number of hydrogen-bond donors (Lipinski definition) is 0. The van der Waals surface area contributed by atoms with E-state index >= 15 is 0 Å². The maximum absolute atomic E-state index is 13.3. The van der Waals surface area contributed by atoms with Crippen molar-refractivity contribution in [1.29, 1.82) is 0 Å². The molecule has 0 aliphatic carbocycles. The van der Waals surface area contributed by atoms with Crippen LogP contribution in [0.1, 0.15) is 6.92 Å². The molecule has 2 fully saturated rings. The van der Waals surface area contributed by atoms with Gasteiger partial charge in [-0.05, 0) is 55.5 Å². The molecule has 0 unspecified atom stereocenters. The van der Waals surface area contributed by atoms with Gasteiger partial charge in [0.25, 0.3) is 0 Å². The molecule has 0 radical (unpaired) electrons. The minimum Gasteiger partial charge on any atom is -0.494 e. The number of carbonyl (C=O) groups excluding carboxylic acids is 1. The predicted octanol–water partition coefficient (Wildman–Crippen LogP) is 2.84. The van der Waals surface area contributed by atoms with Gasteiger partial charge in [-0.3, -0.25) is 9.80 Å². The number of urea groups is 1. The molecule has 2 amide bonds. The summed E-state index contributed by atoms with van der Waals surface area (Å²) in [4.78, 5) is 16.1. The van der Waals surface area contributed by atoms with Crippen molar-refractivity contribution in [2.45, 2.75) is 19.0 Å². The van der Waals surface area contributed by atoms with Crippen molar-refractivity contribution in [1.82, 2.24) is 0 Å². The maximum Gasteiger partial charge on any atom is 0.329 e. The highest BCUT2D eigenvalue weighted by Gasteiger charge is 2.54. The van der Waals surface area contributed by atoms with Gasteiger partial charge in [0.1, 0.15) is 11.6 Å². The van der Waals surface area contributed by atoms with Crippen LogP contribution in [-0.4, -0.2) is 44.6 Å². The van der Waals surface area contributed by atoms with Crippen molar-refractivity contribution in [3.05, 3.63) is 54.3 Å². The summed E-state index contributed by atoms with van der Waals surface area (Å²) in [6, 6.07) is 11.2. The molecule has 27 heavy (non-hydrogen) atoms. The zero-order valence-electron chi connectivity index (χ0n) is 14.7. The molecule has 2 aromatic rings. The number of sulfone groups is 1. The molecule has 2 atom stereocenters. The van der Waals surface area contributed by atoms with Crippen LogP contribution in [0.15, 0.2) is 48.5 Å². The molecule has 2 aliphatic rings. The van der Waals surface area contributed by atoms with Gasteiger partial charge in [-0.25, -0.2) is 17.6 Å². The molecule has 0 aromatic heterocycles. The molecular weight excluding hydrogens is 371 g/mol. The highest BCUT2D eigenvalue weighted by Crippen LogP contribution is 2.38. The topological polar surface area (TPSA) is 66.9 Å². The molecule has 2 aromatic carbocycles. The summed E-state index contributed by atoms with van der Waals surface area (Å²) >= 11 is 0. The number of hydrogen-bond acceptors (Lipinski definition) is 4. The Bertz CT molecular complexity index is 960. The lowest BCUT2D eigenvalue weighted by Gasteiger charge is -2.23. The second-order valence-electron chi connectivity index (χ2n) is 6.64. The Morgan fingerprint density at radius 1 is 0.963 bits per heavy atom. The highest BCUT2D eigenvalue weighted by atomic mass is 32.2. The Balaban J connectivity index is 1.73. The molecule has 0 spiro atoms. The van der Waals surface area contributed by atoms with E-state index in [4.69, 9.17) is 4.74 Å². The van der Waals surface area contributed by atoms with Crippen molar-refractivity contribution >= 4 is 27.2 Å². The first-order valence-electron chi connectivity index (χ1n) is 8.71. The first-order valence-corrected chi connectivity index (χ1v) is 10.5. The lowest BCUT2D eigenvalue weighted by atomic mass is 10.1. The van der Waals surface area contributed by atoms with Crippen LogP contribution in [0.25, 0.3) is 0 Å². The Hall–Kier alpha value is -2.61. The third kappa shape index (κ3) is 3.14. The van der Waals surface area contributed by atoms with Gasteiger partial charge < -0.3 is 4.74 Å². The fourth-order valence-corrected chi connectivity index (χ4v) is 5.70. The molecule has 8 heteroatoms. The number of ether oxygens (including phenoxy) is 1. The first kappa shape index (κ1) is 17.8. The van der Waals surface area contributed by atoms with Gasteiger partial charge >= 0.3 is 6.03 Å². The number of carbonyl (C=O) groups is 1. The number of nitrogens with zero attached hydrogens (tertiary/aromatic N) is 2. The average Bonchev–Trinajstić information content (AvgIpc) is 3.06. The quantitative estimate of drug-likeness (QED) is 0.753. The summed E-state index contributed by atoms with van der Waals surface area (Å²) in [5, 5.41) is 0. The number of anilines is 2. The van der Waals surface area contributed by atoms with Crippen LogP contribution in [0.4, 0.5) is 20.6 Å². The van der Waals surface area contributed by atoms with Crippen LogP contribution in [0.2, 0.25) is 0 Å². The zero-order chi connectivity index (χ0) is 19.2. The second kappa shape index (κ2) is 6.53. The maximum atomic E-state index is 13.3. The SMILES string of the molecule is CCOc1ccc(N2C(=O)N(c3ccc(F)cc3)[C@@H]3CS(=O)(=O)C[C@@H]32)cc1. The van der Waals surface area contributed by atoms with Crippen LogP contribution in [0, 0.1) is 5.82 Å². The van der Waals surface area contributed by atoms with Gasteiger partial charge in [-0.2, -0.15) is 0 Å². The van der Waals surface area contributed by atoms with Gasteiger partial charge in [0.2, 0.25) is 0 Å². The monoisotopic (exact) mass is 390 g/mol. The minimum absolute atomic E-state index is 0.0890. The molecule has 6 nitrogen and oxygen atoms in total. The van der Waals surface area contributed by atoms with E-state index in [1.165, 1.54) is 34.1 Å². The summed E-state index contributed by atoms with van der Waals surface area (Å²) in [6.07, 6.45) is 0. The van der Waals surface area contributed by atoms with Crippen molar-refractivity contribution in [2.75, 3.05) is 27.9 Å². The molecule has 0 saturated carbocycles.